The number of aryl methyl sites for hydroxylation is 1. The molecule has 8 nitrogen and oxygen atoms in total. The lowest BCUT2D eigenvalue weighted by atomic mass is 9.73. The van der Waals surface area contributed by atoms with Gasteiger partial charge in [0.2, 0.25) is 11.8 Å². The fourth-order valence-electron chi connectivity index (χ4n) is 6.53. The predicted molar refractivity (Wildman–Crippen MR) is 151 cm³/mol. The smallest absolute Gasteiger partial charge is 0.242 e. The third kappa shape index (κ3) is 7.02. The van der Waals surface area contributed by atoms with Crippen LogP contribution < -0.4 is 15.4 Å². The number of benzene rings is 1. The molecule has 1 spiro atoms. The highest BCUT2D eigenvalue weighted by atomic mass is 16.5. The summed E-state index contributed by atoms with van der Waals surface area (Å²) in [5, 5.41) is 10.7. The summed E-state index contributed by atoms with van der Waals surface area (Å²) in [7, 11) is 0. The predicted octanol–water partition coefficient (Wildman–Crippen LogP) is 4.40. The molecule has 1 saturated heterocycles. The molecule has 2 amide bonds. The second-order valence-electron chi connectivity index (χ2n) is 11.8. The van der Waals surface area contributed by atoms with E-state index in [1.807, 2.05) is 24.4 Å². The van der Waals surface area contributed by atoms with Gasteiger partial charge in [-0.2, -0.15) is 5.10 Å². The van der Waals surface area contributed by atoms with Crippen molar-refractivity contribution in [3.05, 3.63) is 47.8 Å². The first-order valence-electron chi connectivity index (χ1n) is 15.1. The minimum atomic E-state index is -0.574. The number of aromatic nitrogens is 2. The third-order valence-electron chi connectivity index (χ3n) is 9.03. The van der Waals surface area contributed by atoms with E-state index in [9.17, 15) is 9.59 Å². The van der Waals surface area contributed by atoms with Gasteiger partial charge in [-0.15, -0.1) is 0 Å². The van der Waals surface area contributed by atoms with Gasteiger partial charge in [0.1, 0.15) is 18.4 Å². The van der Waals surface area contributed by atoms with Crippen LogP contribution in [0, 0.1) is 5.41 Å². The molecular formula is C31H45N5O3. The molecule has 1 saturated carbocycles. The maximum atomic E-state index is 13.7. The number of fused-ring (bicyclic) bond motifs is 1. The number of likely N-dealkylation sites (tertiary alicyclic amines) is 1. The lowest BCUT2D eigenvalue weighted by Gasteiger charge is -2.41. The molecule has 0 unspecified atom stereocenters. The molecule has 1 aromatic heterocycles. The zero-order valence-corrected chi connectivity index (χ0v) is 23.5. The van der Waals surface area contributed by atoms with E-state index in [4.69, 9.17) is 9.84 Å². The quantitative estimate of drug-likeness (QED) is 0.608. The highest BCUT2D eigenvalue weighted by molar-refractivity contribution is 5.90. The molecule has 8 heteroatoms. The summed E-state index contributed by atoms with van der Waals surface area (Å²) in [5.41, 5.74) is 2.01. The lowest BCUT2D eigenvalue weighted by Crippen LogP contribution is -2.53. The van der Waals surface area contributed by atoms with Crippen LogP contribution in [0.1, 0.15) is 88.3 Å². The zero-order valence-electron chi connectivity index (χ0n) is 23.5. The van der Waals surface area contributed by atoms with E-state index in [0.29, 0.717) is 19.2 Å². The number of ether oxygens (including phenoxy) is 1. The minimum absolute atomic E-state index is 0.0291. The number of para-hydroxylation sites is 1. The SMILES string of the molecule is C[C@@H]1NC(=O)C2(CCCCc3ccccc3OCCNC1=O)CCN(Cc1cnn(C3CCCCC3)c1)CC2. The monoisotopic (exact) mass is 535 g/mol. The number of amides is 2. The van der Waals surface area contributed by atoms with Crippen molar-refractivity contribution in [3.63, 3.8) is 0 Å². The van der Waals surface area contributed by atoms with E-state index in [2.05, 4.69) is 32.5 Å². The van der Waals surface area contributed by atoms with Gasteiger partial charge in [0.15, 0.2) is 0 Å². The number of piperidine rings is 1. The Hall–Kier alpha value is -2.87. The van der Waals surface area contributed by atoms with Crippen molar-refractivity contribution >= 4 is 11.8 Å². The van der Waals surface area contributed by atoms with Crippen LogP contribution in [0.3, 0.4) is 0 Å². The zero-order chi connectivity index (χ0) is 27.1. The van der Waals surface area contributed by atoms with Crippen molar-refractivity contribution in [1.82, 2.24) is 25.3 Å². The molecule has 0 bridgehead atoms. The van der Waals surface area contributed by atoms with Crippen LogP contribution >= 0.6 is 0 Å². The van der Waals surface area contributed by atoms with E-state index in [-0.39, 0.29) is 11.8 Å². The molecule has 2 aromatic rings. The molecule has 1 aliphatic carbocycles. The van der Waals surface area contributed by atoms with Crippen molar-refractivity contribution in [2.45, 2.75) is 96.2 Å². The van der Waals surface area contributed by atoms with Gasteiger partial charge in [0, 0.05) is 18.3 Å². The Kier molecular flexibility index (Phi) is 9.22. The molecule has 5 rings (SSSR count). The summed E-state index contributed by atoms with van der Waals surface area (Å²) in [5.74, 6) is 0.748. The van der Waals surface area contributed by atoms with Crippen molar-refractivity contribution < 1.29 is 14.3 Å². The lowest BCUT2D eigenvalue weighted by molar-refractivity contribution is -0.138. The molecule has 3 heterocycles. The molecule has 2 aliphatic heterocycles. The number of rotatable bonds is 3. The topological polar surface area (TPSA) is 88.5 Å². The van der Waals surface area contributed by atoms with Crippen molar-refractivity contribution in [2.75, 3.05) is 26.2 Å². The van der Waals surface area contributed by atoms with E-state index >= 15 is 0 Å². The summed E-state index contributed by atoms with van der Waals surface area (Å²) < 4.78 is 8.14. The van der Waals surface area contributed by atoms with Crippen LogP contribution in [0.4, 0.5) is 0 Å². The van der Waals surface area contributed by atoms with Crippen LogP contribution in [-0.4, -0.2) is 58.8 Å². The van der Waals surface area contributed by atoms with Gasteiger partial charge in [-0.1, -0.05) is 43.9 Å². The van der Waals surface area contributed by atoms with Crippen LogP contribution in [-0.2, 0) is 22.6 Å². The Balaban J connectivity index is 1.23. The van der Waals surface area contributed by atoms with Crippen molar-refractivity contribution in [1.29, 1.82) is 0 Å². The first kappa shape index (κ1) is 27.7. The number of nitrogens with one attached hydrogen (secondary N) is 2. The minimum Gasteiger partial charge on any atom is -0.491 e. The molecule has 212 valence electrons. The molecule has 2 N–H and O–H groups in total. The summed E-state index contributed by atoms with van der Waals surface area (Å²) in [6.07, 6.45) is 16.0. The van der Waals surface area contributed by atoms with Gasteiger partial charge in [-0.05, 0) is 76.6 Å². The summed E-state index contributed by atoms with van der Waals surface area (Å²) in [6, 6.07) is 8.12. The average molecular weight is 536 g/mol. The van der Waals surface area contributed by atoms with Crippen LogP contribution in [0.5, 0.6) is 5.75 Å². The van der Waals surface area contributed by atoms with Crippen LogP contribution in [0.25, 0.3) is 0 Å². The van der Waals surface area contributed by atoms with E-state index in [1.54, 1.807) is 6.92 Å². The third-order valence-corrected chi connectivity index (χ3v) is 9.03. The Morgan fingerprint density at radius 2 is 1.82 bits per heavy atom. The standard InChI is InChI=1S/C31H45N5O3/c1-24-29(37)32-17-20-39-28-13-6-5-9-26(28)10-7-8-14-31(30(38)34-24)15-18-35(19-16-31)22-25-21-33-36(23-25)27-11-3-2-4-12-27/h5-6,9,13,21,23-24,27H,2-4,7-8,10-12,14-20,22H2,1H3,(H,32,37)(H,34,38)/t24-/m0/s1. The van der Waals surface area contributed by atoms with E-state index in [0.717, 1.165) is 63.9 Å². The van der Waals surface area contributed by atoms with E-state index < -0.39 is 11.5 Å². The first-order chi connectivity index (χ1) is 19.0. The highest BCUT2D eigenvalue weighted by Crippen LogP contribution is 2.38. The van der Waals surface area contributed by atoms with Gasteiger partial charge < -0.3 is 15.4 Å². The van der Waals surface area contributed by atoms with Gasteiger partial charge in [-0.3, -0.25) is 19.2 Å². The molecule has 1 aromatic carbocycles. The fraction of sp³-hybridized carbons (Fsp3) is 0.645. The van der Waals surface area contributed by atoms with Crippen LogP contribution in [0.2, 0.25) is 0 Å². The molecular weight excluding hydrogens is 490 g/mol. The van der Waals surface area contributed by atoms with E-state index in [1.165, 1.54) is 43.2 Å². The maximum Gasteiger partial charge on any atom is 0.242 e. The van der Waals surface area contributed by atoms with Gasteiger partial charge >= 0.3 is 0 Å². The Labute approximate surface area is 232 Å². The van der Waals surface area contributed by atoms with Gasteiger partial charge in [0.05, 0.1) is 24.2 Å². The second-order valence-corrected chi connectivity index (χ2v) is 11.8. The average Bonchev–Trinajstić information content (AvgIpc) is 3.43. The summed E-state index contributed by atoms with van der Waals surface area (Å²) >= 11 is 0. The van der Waals surface area contributed by atoms with Crippen molar-refractivity contribution in [2.24, 2.45) is 5.41 Å². The fourth-order valence-corrected chi connectivity index (χ4v) is 6.53. The van der Waals surface area contributed by atoms with Crippen molar-refractivity contribution in [3.8, 4) is 5.75 Å². The summed E-state index contributed by atoms with van der Waals surface area (Å²) in [4.78, 5) is 28.8. The normalized spacial score (nSPS) is 24.1. The number of carbonyl (C=O) groups excluding carboxylic acids is 2. The highest BCUT2D eigenvalue weighted by Gasteiger charge is 2.41. The number of hydrogen-bond donors (Lipinski definition) is 2. The molecule has 1 atom stereocenters. The number of carbonyl (C=O) groups is 2. The second kappa shape index (κ2) is 13.0. The Morgan fingerprint density at radius 1 is 1.03 bits per heavy atom. The molecule has 0 radical (unpaired) electrons. The molecule has 39 heavy (non-hydrogen) atoms. The molecule has 2 fully saturated rings. The largest absolute Gasteiger partial charge is 0.491 e. The maximum absolute atomic E-state index is 13.7. The van der Waals surface area contributed by atoms with Gasteiger partial charge in [-0.25, -0.2) is 0 Å². The van der Waals surface area contributed by atoms with Gasteiger partial charge in [0.25, 0.3) is 0 Å². The Morgan fingerprint density at radius 3 is 2.64 bits per heavy atom. The first-order valence-corrected chi connectivity index (χ1v) is 15.1. The number of hydrogen-bond acceptors (Lipinski definition) is 5. The Bertz CT molecular complexity index is 1100. The molecule has 3 aliphatic rings. The summed E-state index contributed by atoms with van der Waals surface area (Å²) in [6.45, 7) is 5.21. The van der Waals surface area contributed by atoms with Crippen LogP contribution in [0.15, 0.2) is 36.7 Å². The number of nitrogens with zero attached hydrogens (tertiary/aromatic N) is 3.